The second kappa shape index (κ2) is 5.26. The summed E-state index contributed by atoms with van der Waals surface area (Å²) >= 11 is 0. The Hall–Kier alpha value is 0.0169. The molecule has 6 heteroatoms. The molecule has 0 radical (unpaired) electrons. The van der Waals surface area contributed by atoms with Crippen molar-refractivity contribution in [1.29, 1.82) is 0 Å². The lowest BCUT2D eigenvalue weighted by Gasteiger charge is -2.43. The van der Waals surface area contributed by atoms with Crippen molar-refractivity contribution in [2.75, 3.05) is 0 Å². The Morgan fingerprint density at radius 3 is 2.39 bits per heavy atom. The third-order valence-electron chi connectivity index (χ3n) is 6.05. The third kappa shape index (κ3) is 2.81. The van der Waals surface area contributed by atoms with Crippen molar-refractivity contribution >= 4 is 8.32 Å². The molecular weight excluding hydrogens is 312 g/mol. The molecule has 2 heterocycles. The van der Waals surface area contributed by atoms with Crippen LogP contribution in [-0.4, -0.2) is 49.4 Å². The highest BCUT2D eigenvalue weighted by atomic mass is 28.4. The van der Waals surface area contributed by atoms with Crippen LogP contribution in [0.5, 0.6) is 0 Å². The van der Waals surface area contributed by atoms with Crippen LogP contribution in [0.15, 0.2) is 0 Å². The Labute approximate surface area is 140 Å². The zero-order chi connectivity index (χ0) is 17.3. The topological polar surface area (TPSA) is 57.2 Å². The molecular formula is C17H32O5Si. The number of hydrogen-bond donors (Lipinski definition) is 1. The summed E-state index contributed by atoms with van der Waals surface area (Å²) in [6.07, 6.45) is 1.17. The van der Waals surface area contributed by atoms with Crippen LogP contribution >= 0.6 is 0 Å². The predicted octanol–water partition coefficient (Wildman–Crippen LogP) is 3.17. The molecule has 1 aliphatic carbocycles. The smallest absolute Gasteiger partial charge is 0.192 e. The van der Waals surface area contributed by atoms with Gasteiger partial charge < -0.3 is 23.7 Å². The van der Waals surface area contributed by atoms with Crippen molar-refractivity contribution in [2.45, 2.75) is 108 Å². The first-order valence-electron chi connectivity index (χ1n) is 8.77. The molecule has 0 unspecified atom stereocenters. The molecule has 3 fully saturated rings. The van der Waals surface area contributed by atoms with Gasteiger partial charge >= 0.3 is 0 Å². The first-order chi connectivity index (χ1) is 10.4. The van der Waals surface area contributed by atoms with Crippen LogP contribution in [0.3, 0.4) is 0 Å². The van der Waals surface area contributed by atoms with Gasteiger partial charge in [0, 0.05) is 0 Å². The van der Waals surface area contributed by atoms with Gasteiger partial charge in [0.2, 0.25) is 0 Å². The summed E-state index contributed by atoms with van der Waals surface area (Å²) in [5.41, 5.74) is -0.576. The van der Waals surface area contributed by atoms with E-state index in [0.29, 0.717) is 0 Å². The number of aliphatic hydroxyl groups excluding tert-OH is 1. The molecule has 1 N–H and O–H groups in total. The van der Waals surface area contributed by atoms with E-state index in [-0.39, 0.29) is 17.2 Å². The average Bonchev–Trinajstić information content (AvgIpc) is 2.96. The summed E-state index contributed by atoms with van der Waals surface area (Å²) in [5, 5.41) is 10.5. The molecule has 0 aromatic rings. The van der Waals surface area contributed by atoms with E-state index in [4.69, 9.17) is 18.6 Å². The van der Waals surface area contributed by atoms with Crippen LogP contribution < -0.4 is 0 Å². The minimum Gasteiger partial charge on any atom is -0.411 e. The Morgan fingerprint density at radius 2 is 1.78 bits per heavy atom. The molecule has 134 valence electrons. The van der Waals surface area contributed by atoms with Gasteiger partial charge in [0.15, 0.2) is 20.4 Å². The fourth-order valence-corrected chi connectivity index (χ4v) is 5.24. The van der Waals surface area contributed by atoms with Crippen LogP contribution in [-0.2, 0) is 18.6 Å². The standard InChI is InChI=1S/C17H32O5Si/c1-15(2,3)23(6,7)22-11-9-8-10-17(11)13-12(14(18)21-17)19-16(4,5)20-13/h11-14,18H,8-10H2,1-7H3/t11-,12+,13-,14+,17-/m0/s1. The molecule has 3 rings (SSSR count). The molecule has 23 heavy (non-hydrogen) atoms. The van der Waals surface area contributed by atoms with Gasteiger partial charge in [-0.1, -0.05) is 20.8 Å². The van der Waals surface area contributed by atoms with Crippen LogP contribution in [0.2, 0.25) is 18.1 Å². The van der Waals surface area contributed by atoms with Crippen molar-refractivity contribution in [2.24, 2.45) is 0 Å². The fourth-order valence-electron chi connectivity index (χ4n) is 3.86. The molecule has 0 bridgehead atoms. The van der Waals surface area contributed by atoms with Crippen molar-refractivity contribution in [3.63, 3.8) is 0 Å². The van der Waals surface area contributed by atoms with E-state index < -0.39 is 32.1 Å². The highest BCUT2D eigenvalue weighted by Crippen LogP contribution is 2.53. The lowest BCUT2D eigenvalue weighted by atomic mass is 9.91. The number of ether oxygens (including phenoxy) is 3. The summed E-state index contributed by atoms with van der Waals surface area (Å²) in [5.74, 6) is -0.683. The minimum absolute atomic E-state index is 0.0365. The first-order valence-corrected chi connectivity index (χ1v) is 11.7. The largest absolute Gasteiger partial charge is 0.411 e. The van der Waals surface area contributed by atoms with E-state index in [2.05, 4.69) is 33.9 Å². The Morgan fingerprint density at radius 1 is 1.13 bits per heavy atom. The molecule has 0 aromatic carbocycles. The number of fused-ring (bicyclic) bond motifs is 2. The number of hydrogen-bond acceptors (Lipinski definition) is 5. The van der Waals surface area contributed by atoms with Crippen molar-refractivity contribution in [3.8, 4) is 0 Å². The normalized spacial score (nSPS) is 43.3. The Balaban J connectivity index is 1.86. The van der Waals surface area contributed by atoms with E-state index in [9.17, 15) is 5.11 Å². The maximum Gasteiger partial charge on any atom is 0.192 e. The van der Waals surface area contributed by atoms with Gasteiger partial charge in [-0.3, -0.25) is 0 Å². The summed E-state index contributed by atoms with van der Waals surface area (Å²) in [6, 6.07) is 0. The van der Waals surface area contributed by atoms with Crippen molar-refractivity contribution in [3.05, 3.63) is 0 Å². The van der Waals surface area contributed by atoms with Crippen LogP contribution in [0.1, 0.15) is 53.9 Å². The second-order valence-electron chi connectivity index (χ2n) is 9.24. The summed E-state index contributed by atoms with van der Waals surface area (Å²) in [6.45, 7) is 15.0. The first kappa shape index (κ1) is 17.8. The predicted molar refractivity (Wildman–Crippen MR) is 89.6 cm³/mol. The van der Waals surface area contributed by atoms with Crippen LogP contribution in [0.25, 0.3) is 0 Å². The van der Waals surface area contributed by atoms with E-state index in [1.54, 1.807) is 0 Å². The Bertz CT molecular complexity index is 472. The molecule has 5 nitrogen and oxygen atoms in total. The maximum absolute atomic E-state index is 10.4. The summed E-state index contributed by atoms with van der Waals surface area (Å²) in [4.78, 5) is 0. The minimum atomic E-state index is -1.92. The summed E-state index contributed by atoms with van der Waals surface area (Å²) in [7, 11) is -1.92. The molecule has 1 saturated carbocycles. The van der Waals surface area contributed by atoms with Gasteiger partial charge in [-0.05, 0) is 51.2 Å². The third-order valence-corrected chi connectivity index (χ3v) is 10.5. The molecule has 1 spiro atoms. The number of aliphatic hydroxyl groups is 1. The maximum atomic E-state index is 10.4. The van der Waals surface area contributed by atoms with E-state index in [1.807, 2.05) is 13.8 Å². The number of rotatable bonds is 2. The molecule has 0 amide bonds. The highest BCUT2D eigenvalue weighted by Gasteiger charge is 2.67. The van der Waals surface area contributed by atoms with E-state index in [1.165, 1.54) is 0 Å². The second-order valence-corrected chi connectivity index (χ2v) is 14.0. The van der Waals surface area contributed by atoms with E-state index >= 15 is 0 Å². The zero-order valence-corrected chi connectivity index (χ0v) is 16.5. The van der Waals surface area contributed by atoms with Gasteiger partial charge in [0.05, 0.1) is 6.10 Å². The quantitative estimate of drug-likeness (QED) is 0.780. The fraction of sp³-hybridized carbons (Fsp3) is 1.00. The monoisotopic (exact) mass is 344 g/mol. The lowest BCUT2D eigenvalue weighted by molar-refractivity contribution is -0.255. The van der Waals surface area contributed by atoms with Gasteiger partial charge in [0.25, 0.3) is 0 Å². The zero-order valence-electron chi connectivity index (χ0n) is 15.5. The molecule has 3 aliphatic rings. The van der Waals surface area contributed by atoms with Crippen molar-refractivity contribution in [1.82, 2.24) is 0 Å². The SMILES string of the molecule is CC1(C)O[C@H]2[C@H](O)O[C@]3(CCC[C@@H]3O[Si](C)(C)C(C)(C)C)[C@H]2O1. The van der Waals surface area contributed by atoms with Crippen LogP contribution in [0, 0.1) is 0 Å². The van der Waals surface area contributed by atoms with E-state index in [0.717, 1.165) is 19.3 Å². The highest BCUT2D eigenvalue weighted by molar-refractivity contribution is 6.74. The van der Waals surface area contributed by atoms with Crippen LogP contribution in [0.4, 0.5) is 0 Å². The van der Waals surface area contributed by atoms with Gasteiger partial charge in [0.1, 0.15) is 17.8 Å². The Kier molecular flexibility index (Phi) is 4.07. The summed E-state index contributed by atoms with van der Waals surface area (Å²) < 4.78 is 24.8. The molecule has 0 aromatic heterocycles. The van der Waals surface area contributed by atoms with Crippen molar-refractivity contribution < 1.29 is 23.7 Å². The lowest BCUT2D eigenvalue weighted by Crippen LogP contribution is -2.55. The molecule has 5 atom stereocenters. The van der Waals surface area contributed by atoms with Gasteiger partial charge in [-0.15, -0.1) is 0 Å². The average molecular weight is 345 g/mol. The molecule has 2 saturated heterocycles. The van der Waals surface area contributed by atoms with Gasteiger partial charge in [-0.2, -0.15) is 0 Å². The van der Waals surface area contributed by atoms with Gasteiger partial charge in [-0.25, -0.2) is 0 Å². The molecule has 2 aliphatic heterocycles.